The first-order chi connectivity index (χ1) is 9.59. The third-order valence-electron chi connectivity index (χ3n) is 2.99. The summed E-state index contributed by atoms with van der Waals surface area (Å²) in [7, 11) is 0. The summed E-state index contributed by atoms with van der Waals surface area (Å²) < 4.78 is 0. The monoisotopic (exact) mass is 278 g/mol. The van der Waals surface area contributed by atoms with Gasteiger partial charge in [-0.15, -0.1) is 0 Å². The molecule has 0 aliphatic carbocycles. The Morgan fingerprint density at radius 2 is 1.75 bits per heavy atom. The van der Waals surface area contributed by atoms with Gasteiger partial charge in [0.2, 0.25) is 5.91 Å². The number of carbonyl (C=O) groups excluding carboxylic acids is 2. The van der Waals surface area contributed by atoms with Gasteiger partial charge in [-0.3, -0.25) is 9.59 Å². The van der Waals surface area contributed by atoms with Crippen LogP contribution >= 0.6 is 0 Å². The summed E-state index contributed by atoms with van der Waals surface area (Å²) in [6.45, 7) is 0. The number of anilines is 1. The minimum Gasteiger partial charge on any atom is -0.383 e. The van der Waals surface area contributed by atoms with Crippen molar-refractivity contribution in [2.24, 2.45) is 5.73 Å². The Hall–Kier alpha value is -1.88. The second-order valence-electron chi connectivity index (χ2n) is 4.79. The number of nitrogens with two attached hydrogens (primary N) is 1. The third-order valence-corrected chi connectivity index (χ3v) is 2.99. The number of unbranched alkanes of at least 4 members (excludes halogenated alkanes) is 3. The number of nitrogens with one attached hydrogen (secondary N) is 1. The van der Waals surface area contributed by atoms with Crippen molar-refractivity contribution in [1.29, 1.82) is 0 Å². The van der Waals surface area contributed by atoms with E-state index in [0.717, 1.165) is 25.7 Å². The molecule has 0 fully saturated rings. The minimum atomic E-state index is -0.994. The molecular formula is C15H22N2O3. The average molecular weight is 278 g/mol. The van der Waals surface area contributed by atoms with E-state index >= 15 is 0 Å². The summed E-state index contributed by atoms with van der Waals surface area (Å²) in [5.74, 6) is -0.666. The van der Waals surface area contributed by atoms with E-state index in [4.69, 9.17) is 5.73 Å². The van der Waals surface area contributed by atoms with Crippen molar-refractivity contribution >= 4 is 17.5 Å². The zero-order valence-electron chi connectivity index (χ0n) is 11.5. The predicted molar refractivity (Wildman–Crippen MR) is 78.0 cm³/mol. The fraction of sp³-hybridized carbons (Fsp3) is 0.467. The molecule has 4 N–H and O–H groups in total. The maximum absolute atomic E-state index is 11.7. The predicted octanol–water partition coefficient (Wildman–Crippen LogP) is 1.81. The van der Waals surface area contributed by atoms with Crippen LogP contribution in [-0.2, 0) is 9.59 Å². The number of aliphatic hydroxyl groups is 1. The van der Waals surface area contributed by atoms with Crippen LogP contribution in [-0.4, -0.2) is 23.0 Å². The molecule has 0 aliphatic heterocycles. The molecule has 1 aromatic carbocycles. The molecule has 0 saturated heterocycles. The van der Waals surface area contributed by atoms with E-state index in [1.165, 1.54) is 0 Å². The summed E-state index contributed by atoms with van der Waals surface area (Å²) >= 11 is 0. The number of aliphatic hydroxyl groups excluding tert-OH is 1. The Morgan fingerprint density at radius 3 is 2.40 bits per heavy atom. The highest BCUT2D eigenvalue weighted by atomic mass is 16.3. The van der Waals surface area contributed by atoms with Crippen LogP contribution in [0.15, 0.2) is 30.3 Å². The largest absolute Gasteiger partial charge is 0.383 e. The Labute approximate surface area is 119 Å². The average Bonchev–Trinajstić information content (AvgIpc) is 2.43. The van der Waals surface area contributed by atoms with Crippen LogP contribution in [0.1, 0.15) is 38.5 Å². The number of carbonyl (C=O) groups is 2. The summed E-state index contributed by atoms with van der Waals surface area (Å²) in [6, 6.07) is 9.04. The molecule has 20 heavy (non-hydrogen) atoms. The molecular weight excluding hydrogens is 256 g/mol. The molecule has 0 bridgehead atoms. The van der Waals surface area contributed by atoms with Gasteiger partial charge in [0.15, 0.2) is 0 Å². The SMILES string of the molecule is NC(=O)CCCCCCC(O)C(=O)Nc1ccccc1. The summed E-state index contributed by atoms with van der Waals surface area (Å²) in [5.41, 5.74) is 5.72. The van der Waals surface area contributed by atoms with E-state index in [0.29, 0.717) is 18.5 Å². The molecule has 5 nitrogen and oxygen atoms in total. The zero-order chi connectivity index (χ0) is 14.8. The number of primary amides is 1. The first-order valence-electron chi connectivity index (χ1n) is 6.92. The van der Waals surface area contributed by atoms with Crippen LogP contribution in [0.2, 0.25) is 0 Å². The van der Waals surface area contributed by atoms with Crippen LogP contribution in [0.25, 0.3) is 0 Å². The van der Waals surface area contributed by atoms with Gasteiger partial charge in [-0.05, 0) is 25.0 Å². The van der Waals surface area contributed by atoms with E-state index in [9.17, 15) is 14.7 Å². The lowest BCUT2D eigenvalue weighted by atomic mass is 10.1. The summed E-state index contributed by atoms with van der Waals surface area (Å²) in [6.07, 6.45) is 3.11. The highest BCUT2D eigenvalue weighted by molar-refractivity contribution is 5.93. The van der Waals surface area contributed by atoms with Crippen LogP contribution in [0.5, 0.6) is 0 Å². The van der Waals surface area contributed by atoms with E-state index in [2.05, 4.69) is 5.32 Å². The molecule has 0 aromatic heterocycles. The second-order valence-corrected chi connectivity index (χ2v) is 4.79. The molecule has 0 aliphatic rings. The van der Waals surface area contributed by atoms with Crippen molar-refractivity contribution in [3.8, 4) is 0 Å². The number of rotatable bonds is 9. The zero-order valence-corrected chi connectivity index (χ0v) is 11.5. The second kappa shape index (κ2) is 9.09. The fourth-order valence-corrected chi connectivity index (χ4v) is 1.87. The number of benzene rings is 1. The van der Waals surface area contributed by atoms with Crippen molar-refractivity contribution in [1.82, 2.24) is 0 Å². The minimum absolute atomic E-state index is 0.285. The van der Waals surface area contributed by atoms with E-state index in [1.807, 2.05) is 18.2 Å². The van der Waals surface area contributed by atoms with E-state index < -0.39 is 6.10 Å². The van der Waals surface area contributed by atoms with Gasteiger partial charge >= 0.3 is 0 Å². The molecule has 2 amide bonds. The summed E-state index contributed by atoms with van der Waals surface area (Å²) in [4.78, 5) is 22.2. The molecule has 1 unspecified atom stereocenters. The number of hydrogen-bond donors (Lipinski definition) is 3. The standard InChI is InChI=1S/C15H22N2O3/c16-14(19)11-7-2-1-6-10-13(18)15(20)17-12-8-4-3-5-9-12/h3-5,8-9,13,18H,1-2,6-7,10-11H2,(H2,16,19)(H,17,20). The van der Waals surface area contributed by atoms with Crippen molar-refractivity contribution in [2.75, 3.05) is 5.32 Å². The normalized spacial score (nSPS) is 11.8. The van der Waals surface area contributed by atoms with Crippen LogP contribution in [0, 0.1) is 0 Å². The van der Waals surface area contributed by atoms with Crippen LogP contribution < -0.4 is 11.1 Å². The Kier molecular flexibility index (Phi) is 7.35. The van der Waals surface area contributed by atoms with Gasteiger partial charge in [0.25, 0.3) is 5.91 Å². The Balaban J connectivity index is 2.14. The lowest BCUT2D eigenvalue weighted by Crippen LogP contribution is -2.27. The maximum atomic E-state index is 11.7. The highest BCUT2D eigenvalue weighted by Crippen LogP contribution is 2.10. The van der Waals surface area contributed by atoms with Crippen molar-refractivity contribution in [3.05, 3.63) is 30.3 Å². The Morgan fingerprint density at radius 1 is 1.10 bits per heavy atom. The number of para-hydroxylation sites is 1. The van der Waals surface area contributed by atoms with Crippen LogP contribution in [0.4, 0.5) is 5.69 Å². The molecule has 1 atom stereocenters. The van der Waals surface area contributed by atoms with Gasteiger partial charge in [0, 0.05) is 12.1 Å². The summed E-state index contributed by atoms with van der Waals surface area (Å²) in [5, 5.41) is 12.4. The fourth-order valence-electron chi connectivity index (χ4n) is 1.87. The molecule has 0 heterocycles. The molecule has 1 rings (SSSR count). The Bertz CT molecular complexity index is 420. The van der Waals surface area contributed by atoms with Gasteiger partial charge in [-0.25, -0.2) is 0 Å². The maximum Gasteiger partial charge on any atom is 0.253 e. The molecule has 0 radical (unpaired) electrons. The highest BCUT2D eigenvalue weighted by Gasteiger charge is 2.14. The van der Waals surface area contributed by atoms with E-state index in [-0.39, 0.29) is 11.8 Å². The molecule has 110 valence electrons. The smallest absolute Gasteiger partial charge is 0.253 e. The van der Waals surface area contributed by atoms with Crippen molar-refractivity contribution in [3.63, 3.8) is 0 Å². The molecule has 0 saturated carbocycles. The van der Waals surface area contributed by atoms with Gasteiger partial charge < -0.3 is 16.2 Å². The molecule has 5 heteroatoms. The van der Waals surface area contributed by atoms with Gasteiger partial charge in [-0.1, -0.05) is 37.5 Å². The topological polar surface area (TPSA) is 92.4 Å². The van der Waals surface area contributed by atoms with Gasteiger partial charge in [0.1, 0.15) is 6.10 Å². The van der Waals surface area contributed by atoms with Crippen molar-refractivity contribution in [2.45, 2.75) is 44.6 Å². The third kappa shape index (κ3) is 6.89. The molecule has 0 spiro atoms. The first-order valence-corrected chi connectivity index (χ1v) is 6.92. The molecule has 1 aromatic rings. The van der Waals surface area contributed by atoms with Gasteiger partial charge in [0.05, 0.1) is 0 Å². The number of hydrogen-bond acceptors (Lipinski definition) is 3. The van der Waals surface area contributed by atoms with E-state index in [1.54, 1.807) is 12.1 Å². The quantitative estimate of drug-likeness (QED) is 0.601. The van der Waals surface area contributed by atoms with Gasteiger partial charge in [-0.2, -0.15) is 0 Å². The number of amides is 2. The first kappa shape index (κ1) is 16.2. The van der Waals surface area contributed by atoms with Crippen LogP contribution in [0.3, 0.4) is 0 Å². The lowest BCUT2D eigenvalue weighted by Gasteiger charge is -2.11. The van der Waals surface area contributed by atoms with Crippen molar-refractivity contribution < 1.29 is 14.7 Å². The lowest BCUT2D eigenvalue weighted by molar-refractivity contribution is -0.124.